The van der Waals surface area contributed by atoms with Gasteiger partial charge >= 0.3 is 0 Å². The molecule has 102 valence electrons. The molecule has 1 N–H and O–H groups in total. The Balaban J connectivity index is 2.15. The lowest BCUT2D eigenvalue weighted by Crippen LogP contribution is -2.24. The average molecular weight is 275 g/mol. The smallest absolute Gasteiger partial charge is 0.0915 e. The van der Waals surface area contributed by atoms with Crippen LogP contribution in [0.3, 0.4) is 0 Å². The number of nitrogens with zero attached hydrogens (tertiary/aromatic N) is 2. The summed E-state index contributed by atoms with van der Waals surface area (Å²) >= 11 is 1.28. The Bertz CT molecular complexity index is 488. The van der Waals surface area contributed by atoms with Crippen LogP contribution in [0.4, 0.5) is 0 Å². The van der Waals surface area contributed by atoms with Gasteiger partial charge in [-0.2, -0.15) is 8.75 Å². The maximum Gasteiger partial charge on any atom is 0.0915 e. The van der Waals surface area contributed by atoms with Gasteiger partial charge in [0, 0.05) is 0 Å². The van der Waals surface area contributed by atoms with Gasteiger partial charge in [0.2, 0.25) is 0 Å². The van der Waals surface area contributed by atoms with Gasteiger partial charge < -0.3 is 5.32 Å². The van der Waals surface area contributed by atoms with E-state index in [-0.39, 0.29) is 6.04 Å². The molecule has 0 saturated heterocycles. The van der Waals surface area contributed by atoms with Gasteiger partial charge in [-0.05, 0) is 38.8 Å². The van der Waals surface area contributed by atoms with E-state index in [1.54, 1.807) is 0 Å². The van der Waals surface area contributed by atoms with Crippen molar-refractivity contribution in [1.29, 1.82) is 0 Å². The van der Waals surface area contributed by atoms with Crippen molar-refractivity contribution in [2.24, 2.45) is 0 Å². The van der Waals surface area contributed by atoms with Crippen LogP contribution < -0.4 is 5.32 Å². The van der Waals surface area contributed by atoms with Crippen molar-refractivity contribution in [2.75, 3.05) is 6.54 Å². The molecule has 1 aromatic heterocycles. The van der Waals surface area contributed by atoms with Crippen LogP contribution in [0.25, 0.3) is 0 Å². The monoisotopic (exact) mass is 275 g/mol. The molecule has 1 atom stereocenters. The van der Waals surface area contributed by atoms with Crippen molar-refractivity contribution in [2.45, 2.75) is 39.7 Å². The molecule has 1 unspecified atom stereocenters. The second kappa shape index (κ2) is 6.78. The molecule has 0 radical (unpaired) electrons. The molecule has 2 aromatic rings. The van der Waals surface area contributed by atoms with Crippen LogP contribution in [0.1, 0.15) is 41.8 Å². The lowest BCUT2D eigenvalue weighted by Gasteiger charge is -2.16. The molecule has 0 aliphatic carbocycles. The number of hydrogen-bond acceptors (Lipinski definition) is 4. The molecule has 0 amide bonds. The molecule has 1 heterocycles. The second-order valence-electron chi connectivity index (χ2n) is 5.04. The highest BCUT2D eigenvalue weighted by molar-refractivity contribution is 6.99. The molecule has 1 aromatic carbocycles. The Kier molecular flexibility index (Phi) is 5.05. The van der Waals surface area contributed by atoms with Gasteiger partial charge in [0.1, 0.15) is 0 Å². The first-order chi connectivity index (χ1) is 9.19. The van der Waals surface area contributed by atoms with Crippen molar-refractivity contribution in [3.05, 3.63) is 46.8 Å². The highest BCUT2D eigenvalue weighted by atomic mass is 32.1. The summed E-state index contributed by atoms with van der Waals surface area (Å²) in [7, 11) is 0. The van der Waals surface area contributed by atoms with Crippen LogP contribution in [-0.2, 0) is 6.42 Å². The van der Waals surface area contributed by atoms with Crippen molar-refractivity contribution >= 4 is 11.7 Å². The van der Waals surface area contributed by atoms with Gasteiger partial charge in [0.25, 0.3) is 0 Å². The van der Waals surface area contributed by atoms with E-state index >= 15 is 0 Å². The summed E-state index contributed by atoms with van der Waals surface area (Å²) in [6, 6.07) is 6.99. The van der Waals surface area contributed by atoms with Gasteiger partial charge in [0.15, 0.2) is 0 Å². The summed E-state index contributed by atoms with van der Waals surface area (Å²) in [5.74, 6) is 0. The van der Waals surface area contributed by atoms with E-state index in [1.807, 2.05) is 6.20 Å². The summed E-state index contributed by atoms with van der Waals surface area (Å²) < 4.78 is 8.50. The summed E-state index contributed by atoms with van der Waals surface area (Å²) in [5, 5.41) is 3.56. The largest absolute Gasteiger partial charge is 0.308 e. The molecule has 2 rings (SSSR count). The van der Waals surface area contributed by atoms with Gasteiger partial charge in [-0.15, -0.1) is 0 Å². The zero-order valence-corrected chi connectivity index (χ0v) is 12.6. The van der Waals surface area contributed by atoms with Gasteiger partial charge in [-0.25, -0.2) is 0 Å². The molecular formula is C15H21N3S. The Morgan fingerprint density at radius 3 is 2.53 bits per heavy atom. The minimum Gasteiger partial charge on any atom is -0.308 e. The lowest BCUT2D eigenvalue weighted by molar-refractivity contribution is 0.520. The predicted octanol–water partition coefficient (Wildman–Crippen LogP) is 3.44. The number of aromatic nitrogens is 2. The normalized spacial score (nSPS) is 12.6. The van der Waals surface area contributed by atoms with E-state index in [1.165, 1.54) is 28.4 Å². The fraction of sp³-hybridized carbons (Fsp3) is 0.467. The maximum atomic E-state index is 4.38. The minimum atomic E-state index is 0.264. The number of hydrogen-bond donors (Lipinski definition) is 1. The van der Waals surface area contributed by atoms with Crippen LogP contribution in [0.15, 0.2) is 24.4 Å². The molecule has 3 nitrogen and oxygen atoms in total. The third-order valence-corrected chi connectivity index (χ3v) is 3.59. The number of benzene rings is 1. The summed E-state index contributed by atoms with van der Waals surface area (Å²) in [6.07, 6.45) is 3.97. The molecule has 0 aliphatic heterocycles. The van der Waals surface area contributed by atoms with Crippen LogP contribution in [-0.4, -0.2) is 15.3 Å². The van der Waals surface area contributed by atoms with Crippen LogP contribution in [0, 0.1) is 13.8 Å². The molecule has 0 fully saturated rings. The van der Waals surface area contributed by atoms with Gasteiger partial charge in [-0.1, -0.05) is 36.2 Å². The third-order valence-electron chi connectivity index (χ3n) is 3.10. The van der Waals surface area contributed by atoms with Crippen molar-refractivity contribution in [3.8, 4) is 0 Å². The fourth-order valence-corrected chi connectivity index (χ4v) is 2.82. The Labute approximate surface area is 119 Å². The molecule has 0 bridgehead atoms. The molecular weight excluding hydrogens is 254 g/mol. The van der Waals surface area contributed by atoms with E-state index < -0.39 is 0 Å². The summed E-state index contributed by atoms with van der Waals surface area (Å²) in [5.41, 5.74) is 5.05. The van der Waals surface area contributed by atoms with Crippen molar-refractivity contribution < 1.29 is 0 Å². The van der Waals surface area contributed by atoms with Crippen molar-refractivity contribution in [3.63, 3.8) is 0 Å². The molecule has 0 spiro atoms. The summed E-state index contributed by atoms with van der Waals surface area (Å²) in [6.45, 7) is 7.48. The molecule has 0 aliphatic rings. The minimum absolute atomic E-state index is 0.264. The Hall–Kier alpha value is -1.26. The van der Waals surface area contributed by atoms with E-state index in [2.05, 4.69) is 53.0 Å². The quantitative estimate of drug-likeness (QED) is 0.877. The lowest BCUT2D eigenvalue weighted by atomic mass is 9.99. The van der Waals surface area contributed by atoms with Gasteiger partial charge in [-0.3, -0.25) is 0 Å². The average Bonchev–Trinajstić information content (AvgIpc) is 2.87. The molecule has 0 saturated carbocycles. The number of nitrogens with one attached hydrogen (secondary N) is 1. The maximum absolute atomic E-state index is 4.38. The van der Waals surface area contributed by atoms with E-state index in [4.69, 9.17) is 0 Å². The van der Waals surface area contributed by atoms with Crippen LogP contribution in [0.5, 0.6) is 0 Å². The summed E-state index contributed by atoms with van der Waals surface area (Å²) in [4.78, 5) is 0. The highest BCUT2D eigenvalue weighted by Gasteiger charge is 2.14. The molecule has 19 heavy (non-hydrogen) atoms. The topological polar surface area (TPSA) is 37.8 Å². The third kappa shape index (κ3) is 4.11. The highest BCUT2D eigenvalue weighted by Crippen LogP contribution is 2.19. The first-order valence-corrected chi connectivity index (χ1v) is 7.50. The first kappa shape index (κ1) is 14.2. The van der Waals surface area contributed by atoms with E-state index in [9.17, 15) is 0 Å². The number of rotatable bonds is 6. The number of aryl methyl sites for hydroxylation is 2. The first-order valence-electron chi connectivity index (χ1n) is 6.77. The predicted molar refractivity (Wildman–Crippen MR) is 80.6 cm³/mol. The molecule has 4 heteroatoms. The van der Waals surface area contributed by atoms with Crippen molar-refractivity contribution in [1.82, 2.24) is 14.1 Å². The van der Waals surface area contributed by atoms with Crippen LogP contribution in [0.2, 0.25) is 0 Å². The zero-order valence-electron chi connectivity index (χ0n) is 11.8. The Morgan fingerprint density at radius 1 is 1.21 bits per heavy atom. The Morgan fingerprint density at radius 2 is 1.95 bits per heavy atom. The zero-order chi connectivity index (χ0) is 13.7. The van der Waals surface area contributed by atoms with Gasteiger partial charge in [0.05, 0.1) is 29.7 Å². The SMILES string of the molecule is CCCNC(Cc1cc(C)cc(C)c1)c1cnsn1. The second-order valence-corrected chi connectivity index (χ2v) is 5.60. The van der Waals surface area contributed by atoms with E-state index in [0.29, 0.717) is 0 Å². The van der Waals surface area contributed by atoms with E-state index in [0.717, 1.165) is 25.1 Å². The standard InChI is InChI=1S/C15H21N3S/c1-4-5-16-14(15-10-17-19-18-15)9-13-7-11(2)6-12(3)8-13/h6-8,10,14,16H,4-5,9H2,1-3H3. The fourth-order valence-electron chi connectivity index (χ4n) is 2.35. The van der Waals surface area contributed by atoms with Crippen LogP contribution >= 0.6 is 11.7 Å².